The molecule has 3 aromatic rings. The van der Waals surface area contributed by atoms with E-state index in [1.807, 2.05) is 48.5 Å². The molecule has 0 saturated carbocycles. The molecule has 0 spiro atoms. The highest BCUT2D eigenvalue weighted by Gasteiger charge is 2.05. The Morgan fingerprint density at radius 1 is 0.783 bits per heavy atom. The van der Waals surface area contributed by atoms with E-state index in [-0.39, 0.29) is 0 Å². The third-order valence-electron chi connectivity index (χ3n) is 3.51. The number of para-hydroxylation sites is 1. The lowest BCUT2D eigenvalue weighted by Crippen LogP contribution is -2.08. The Kier molecular flexibility index (Phi) is 5.22. The first-order chi connectivity index (χ1) is 11.3. The number of hydrogen-bond donors (Lipinski definition) is 1. The third kappa shape index (κ3) is 4.30. The molecule has 0 amide bonds. The van der Waals surface area contributed by atoms with Gasteiger partial charge in [-0.1, -0.05) is 72.8 Å². The van der Waals surface area contributed by atoms with Crippen LogP contribution in [0.2, 0.25) is 0 Å². The molecule has 3 aromatic carbocycles. The molecule has 0 radical (unpaired) electrons. The molecule has 114 valence electrons. The summed E-state index contributed by atoms with van der Waals surface area (Å²) in [5, 5.41) is 4.66. The van der Waals surface area contributed by atoms with Crippen molar-refractivity contribution in [3.8, 4) is 0 Å². The number of hydrazone groups is 1. The van der Waals surface area contributed by atoms with Crippen molar-refractivity contribution < 1.29 is 0 Å². The number of halogens is 1. The van der Waals surface area contributed by atoms with Gasteiger partial charge in [-0.25, -0.2) is 0 Å². The molecule has 23 heavy (non-hydrogen) atoms. The number of anilines is 1. The molecule has 0 heterocycles. The van der Waals surface area contributed by atoms with E-state index in [2.05, 4.69) is 62.9 Å². The molecule has 0 aliphatic carbocycles. The largest absolute Gasteiger partial charge is 0.277 e. The predicted octanol–water partition coefficient (Wildman–Crippen LogP) is 5.51. The summed E-state index contributed by atoms with van der Waals surface area (Å²) in [7, 11) is 0. The van der Waals surface area contributed by atoms with Gasteiger partial charge < -0.3 is 0 Å². The normalized spacial score (nSPS) is 11.3. The SMILES string of the molecule is Brc1ccccc1N/N=C(/Cc1ccccc1)c1ccccc1. The lowest BCUT2D eigenvalue weighted by Gasteiger charge is -2.09. The smallest absolute Gasteiger partial charge is 0.0723 e. The van der Waals surface area contributed by atoms with Crippen molar-refractivity contribution in [1.29, 1.82) is 0 Å². The number of nitrogens with zero attached hydrogens (tertiary/aromatic N) is 1. The van der Waals surface area contributed by atoms with Crippen LogP contribution in [-0.4, -0.2) is 5.71 Å². The van der Waals surface area contributed by atoms with Crippen molar-refractivity contribution >= 4 is 27.3 Å². The second-order valence-corrected chi connectivity index (χ2v) is 6.03. The molecule has 1 N–H and O–H groups in total. The Morgan fingerprint density at radius 2 is 1.39 bits per heavy atom. The quantitative estimate of drug-likeness (QED) is 0.468. The Balaban J connectivity index is 1.89. The van der Waals surface area contributed by atoms with Gasteiger partial charge in [0.15, 0.2) is 0 Å². The average Bonchev–Trinajstić information content (AvgIpc) is 2.61. The van der Waals surface area contributed by atoms with E-state index in [1.165, 1.54) is 5.56 Å². The van der Waals surface area contributed by atoms with Crippen LogP contribution in [0.3, 0.4) is 0 Å². The van der Waals surface area contributed by atoms with E-state index in [1.54, 1.807) is 0 Å². The van der Waals surface area contributed by atoms with Gasteiger partial charge in [-0.3, -0.25) is 5.43 Å². The van der Waals surface area contributed by atoms with Crippen molar-refractivity contribution in [2.45, 2.75) is 6.42 Å². The van der Waals surface area contributed by atoms with E-state index < -0.39 is 0 Å². The molecule has 0 bridgehead atoms. The minimum Gasteiger partial charge on any atom is -0.277 e. The monoisotopic (exact) mass is 364 g/mol. The number of rotatable bonds is 5. The lowest BCUT2D eigenvalue weighted by molar-refractivity contribution is 1.24. The van der Waals surface area contributed by atoms with Crippen molar-refractivity contribution in [2.75, 3.05) is 5.43 Å². The highest BCUT2D eigenvalue weighted by molar-refractivity contribution is 9.10. The van der Waals surface area contributed by atoms with Gasteiger partial charge in [0.25, 0.3) is 0 Å². The van der Waals surface area contributed by atoms with Gasteiger partial charge in [0.1, 0.15) is 0 Å². The number of benzene rings is 3. The molecule has 0 fully saturated rings. The summed E-state index contributed by atoms with van der Waals surface area (Å²) in [6.45, 7) is 0. The van der Waals surface area contributed by atoms with Crippen LogP contribution in [-0.2, 0) is 6.42 Å². The third-order valence-corrected chi connectivity index (χ3v) is 4.20. The van der Waals surface area contributed by atoms with Gasteiger partial charge in [-0.15, -0.1) is 0 Å². The maximum atomic E-state index is 4.66. The molecule has 3 heteroatoms. The van der Waals surface area contributed by atoms with Crippen molar-refractivity contribution in [3.63, 3.8) is 0 Å². The summed E-state index contributed by atoms with van der Waals surface area (Å²) in [5.74, 6) is 0. The first-order valence-corrected chi connectivity index (χ1v) is 8.29. The molecule has 2 nitrogen and oxygen atoms in total. The fourth-order valence-corrected chi connectivity index (χ4v) is 2.68. The van der Waals surface area contributed by atoms with Crippen LogP contribution in [0, 0.1) is 0 Å². The standard InChI is InChI=1S/C20H17BrN2/c21-18-13-7-8-14-19(18)22-23-20(17-11-5-2-6-12-17)15-16-9-3-1-4-10-16/h1-14,22H,15H2/b23-20-. The van der Waals surface area contributed by atoms with Gasteiger partial charge in [0, 0.05) is 10.9 Å². The maximum Gasteiger partial charge on any atom is 0.0723 e. The highest BCUT2D eigenvalue weighted by atomic mass is 79.9. The molecular formula is C20H17BrN2. The molecule has 0 aromatic heterocycles. The van der Waals surface area contributed by atoms with Gasteiger partial charge in [-0.05, 0) is 39.2 Å². The number of hydrogen-bond acceptors (Lipinski definition) is 2. The molecule has 0 atom stereocenters. The van der Waals surface area contributed by atoms with E-state index >= 15 is 0 Å². The Hall–Kier alpha value is -2.39. The first kappa shape index (κ1) is 15.5. The van der Waals surface area contributed by atoms with Crippen LogP contribution in [0.4, 0.5) is 5.69 Å². The molecule has 0 aliphatic heterocycles. The fraction of sp³-hybridized carbons (Fsp3) is 0.0500. The van der Waals surface area contributed by atoms with Crippen LogP contribution < -0.4 is 5.43 Å². The highest BCUT2D eigenvalue weighted by Crippen LogP contribution is 2.21. The van der Waals surface area contributed by atoms with Gasteiger partial charge in [0.2, 0.25) is 0 Å². The lowest BCUT2D eigenvalue weighted by atomic mass is 10.0. The van der Waals surface area contributed by atoms with Crippen LogP contribution in [0.15, 0.2) is 94.5 Å². The molecule has 0 saturated heterocycles. The van der Waals surface area contributed by atoms with Gasteiger partial charge in [-0.2, -0.15) is 5.10 Å². The predicted molar refractivity (Wildman–Crippen MR) is 101 cm³/mol. The molecular weight excluding hydrogens is 348 g/mol. The summed E-state index contributed by atoms with van der Waals surface area (Å²) in [6, 6.07) is 28.6. The molecule has 0 aliphatic rings. The van der Waals surface area contributed by atoms with Crippen molar-refractivity contribution in [1.82, 2.24) is 0 Å². The van der Waals surface area contributed by atoms with E-state index in [9.17, 15) is 0 Å². The topological polar surface area (TPSA) is 24.4 Å². The van der Waals surface area contributed by atoms with Crippen molar-refractivity contribution in [2.24, 2.45) is 5.10 Å². The fourth-order valence-electron chi connectivity index (χ4n) is 2.31. The van der Waals surface area contributed by atoms with Gasteiger partial charge >= 0.3 is 0 Å². The summed E-state index contributed by atoms with van der Waals surface area (Å²) in [5.41, 5.74) is 7.49. The Labute approximate surface area is 145 Å². The van der Waals surface area contributed by atoms with Crippen molar-refractivity contribution in [3.05, 3.63) is 101 Å². The first-order valence-electron chi connectivity index (χ1n) is 7.49. The zero-order valence-corrected chi connectivity index (χ0v) is 14.2. The van der Waals surface area contributed by atoms with Crippen LogP contribution in [0.25, 0.3) is 0 Å². The Morgan fingerprint density at radius 3 is 2.09 bits per heavy atom. The summed E-state index contributed by atoms with van der Waals surface area (Å²) < 4.78 is 0.996. The summed E-state index contributed by atoms with van der Waals surface area (Å²) in [6.07, 6.45) is 0.780. The van der Waals surface area contributed by atoms with Crippen LogP contribution in [0.1, 0.15) is 11.1 Å². The van der Waals surface area contributed by atoms with E-state index in [4.69, 9.17) is 0 Å². The van der Waals surface area contributed by atoms with Crippen LogP contribution in [0.5, 0.6) is 0 Å². The summed E-state index contributed by atoms with van der Waals surface area (Å²) >= 11 is 3.54. The Bertz CT molecular complexity index is 783. The van der Waals surface area contributed by atoms with E-state index in [0.29, 0.717) is 0 Å². The zero-order valence-electron chi connectivity index (χ0n) is 12.6. The van der Waals surface area contributed by atoms with Gasteiger partial charge in [0.05, 0.1) is 11.4 Å². The van der Waals surface area contributed by atoms with Crippen LogP contribution >= 0.6 is 15.9 Å². The second kappa shape index (κ2) is 7.75. The molecule has 0 unspecified atom stereocenters. The van der Waals surface area contributed by atoms with E-state index in [0.717, 1.165) is 27.9 Å². The minimum atomic E-state index is 0.780. The second-order valence-electron chi connectivity index (χ2n) is 5.18. The average molecular weight is 365 g/mol. The minimum absolute atomic E-state index is 0.780. The molecule has 3 rings (SSSR count). The maximum absolute atomic E-state index is 4.66. The zero-order chi connectivity index (χ0) is 15.9. The number of nitrogens with one attached hydrogen (secondary N) is 1. The summed E-state index contributed by atoms with van der Waals surface area (Å²) in [4.78, 5) is 0.